The first-order chi connectivity index (χ1) is 12.8. The summed E-state index contributed by atoms with van der Waals surface area (Å²) < 4.78 is 40.1. The van der Waals surface area contributed by atoms with E-state index >= 15 is 0 Å². The molecule has 8 heteroatoms. The molecular formula is C19H16F3N3O2. The van der Waals surface area contributed by atoms with Crippen molar-refractivity contribution in [2.24, 2.45) is 0 Å². The molecule has 1 heterocycles. The Kier molecular flexibility index (Phi) is 4.89. The monoisotopic (exact) mass is 375 g/mol. The highest BCUT2D eigenvalue weighted by Crippen LogP contribution is 2.27. The summed E-state index contributed by atoms with van der Waals surface area (Å²) in [6, 6.07) is 5.97. The van der Waals surface area contributed by atoms with Crippen molar-refractivity contribution in [1.82, 2.24) is 9.88 Å². The van der Waals surface area contributed by atoms with Crippen LogP contribution in [0, 0.1) is 17.5 Å². The standard InChI is InChI=1S/C19H16F3N3O2/c1-10(25(2)19(27)24-12-5-3-11(20)4-6-12)15-9-23-18(26)14-8-17(22)16(21)7-13(14)15/h3-10H,1-2H3,(H,23,26)(H,24,27)/t10-/m1/s1. The highest BCUT2D eigenvalue weighted by atomic mass is 19.2. The fourth-order valence-electron chi connectivity index (χ4n) is 2.75. The van der Waals surface area contributed by atoms with Crippen molar-refractivity contribution >= 4 is 22.5 Å². The first-order valence-electron chi connectivity index (χ1n) is 8.07. The predicted molar refractivity (Wildman–Crippen MR) is 96.1 cm³/mol. The minimum atomic E-state index is -1.12. The second-order valence-corrected chi connectivity index (χ2v) is 6.11. The van der Waals surface area contributed by atoms with Gasteiger partial charge in [-0.05, 0) is 54.3 Å². The van der Waals surface area contributed by atoms with Gasteiger partial charge in [-0.25, -0.2) is 18.0 Å². The summed E-state index contributed by atoms with van der Waals surface area (Å²) in [5.41, 5.74) is 0.290. The second-order valence-electron chi connectivity index (χ2n) is 6.11. The minimum Gasteiger partial charge on any atom is -0.328 e. The number of benzene rings is 2. The number of urea groups is 1. The molecule has 0 spiro atoms. The summed E-state index contributed by atoms with van der Waals surface area (Å²) in [5.74, 6) is -2.64. The molecular weight excluding hydrogens is 359 g/mol. The fourth-order valence-corrected chi connectivity index (χ4v) is 2.75. The highest BCUT2D eigenvalue weighted by molar-refractivity contribution is 5.90. The van der Waals surface area contributed by atoms with Crippen LogP contribution in [0.4, 0.5) is 23.7 Å². The maximum absolute atomic E-state index is 13.7. The molecule has 0 fully saturated rings. The van der Waals surface area contributed by atoms with Gasteiger partial charge in [0.25, 0.3) is 5.56 Å². The van der Waals surface area contributed by atoms with Crippen LogP contribution in [0.3, 0.4) is 0 Å². The molecule has 3 aromatic rings. The number of anilines is 1. The average molecular weight is 375 g/mol. The smallest absolute Gasteiger partial charge is 0.322 e. The zero-order chi connectivity index (χ0) is 19.7. The van der Waals surface area contributed by atoms with Gasteiger partial charge in [0, 0.05) is 18.9 Å². The van der Waals surface area contributed by atoms with Crippen LogP contribution in [-0.4, -0.2) is 23.0 Å². The predicted octanol–water partition coefficient (Wildman–Crippen LogP) is 4.17. The molecule has 2 aromatic carbocycles. The number of amides is 2. The largest absolute Gasteiger partial charge is 0.328 e. The van der Waals surface area contributed by atoms with Crippen molar-refractivity contribution in [1.29, 1.82) is 0 Å². The average Bonchev–Trinajstić information content (AvgIpc) is 2.64. The molecule has 0 aliphatic carbocycles. The number of pyridine rings is 1. The van der Waals surface area contributed by atoms with E-state index in [9.17, 15) is 22.8 Å². The molecule has 0 aliphatic rings. The van der Waals surface area contributed by atoms with Crippen LogP contribution in [0.5, 0.6) is 0 Å². The SMILES string of the molecule is C[C@H](c1c[nH]c(=O)c2cc(F)c(F)cc12)N(C)C(=O)Nc1ccc(F)cc1. The molecule has 1 aromatic heterocycles. The second kappa shape index (κ2) is 7.14. The van der Waals surface area contributed by atoms with Crippen LogP contribution in [0.2, 0.25) is 0 Å². The summed E-state index contributed by atoms with van der Waals surface area (Å²) in [5, 5.41) is 2.82. The van der Waals surface area contributed by atoms with Crippen molar-refractivity contribution < 1.29 is 18.0 Å². The molecule has 0 saturated carbocycles. The molecule has 0 radical (unpaired) electrons. The molecule has 1 atom stereocenters. The van der Waals surface area contributed by atoms with E-state index in [1.165, 1.54) is 42.4 Å². The molecule has 0 saturated heterocycles. The number of carbonyl (C=O) groups is 1. The number of fused-ring (bicyclic) bond motifs is 1. The molecule has 2 amide bonds. The lowest BCUT2D eigenvalue weighted by Crippen LogP contribution is -2.34. The topological polar surface area (TPSA) is 65.2 Å². The molecule has 2 N–H and O–H groups in total. The van der Waals surface area contributed by atoms with E-state index in [1.54, 1.807) is 6.92 Å². The third kappa shape index (κ3) is 3.64. The van der Waals surface area contributed by atoms with E-state index in [0.29, 0.717) is 11.3 Å². The normalized spacial score (nSPS) is 12.0. The molecule has 27 heavy (non-hydrogen) atoms. The van der Waals surface area contributed by atoms with Crippen molar-refractivity contribution in [3.05, 3.63) is 76.0 Å². The molecule has 0 bridgehead atoms. The van der Waals surface area contributed by atoms with Gasteiger partial charge in [0.05, 0.1) is 11.4 Å². The lowest BCUT2D eigenvalue weighted by molar-refractivity contribution is 0.208. The van der Waals surface area contributed by atoms with Gasteiger partial charge in [0.1, 0.15) is 5.82 Å². The first-order valence-corrected chi connectivity index (χ1v) is 8.07. The number of hydrogen-bond acceptors (Lipinski definition) is 2. The number of halogens is 3. The van der Waals surface area contributed by atoms with Crippen molar-refractivity contribution in [3.63, 3.8) is 0 Å². The van der Waals surface area contributed by atoms with Gasteiger partial charge in [-0.2, -0.15) is 0 Å². The van der Waals surface area contributed by atoms with Crippen LogP contribution in [0.15, 0.2) is 47.4 Å². The van der Waals surface area contributed by atoms with Crippen molar-refractivity contribution in [2.45, 2.75) is 13.0 Å². The van der Waals surface area contributed by atoms with Crippen LogP contribution >= 0.6 is 0 Å². The van der Waals surface area contributed by atoms with Crippen LogP contribution in [0.25, 0.3) is 10.8 Å². The highest BCUT2D eigenvalue weighted by Gasteiger charge is 2.21. The van der Waals surface area contributed by atoms with Crippen LogP contribution < -0.4 is 10.9 Å². The van der Waals surface area contributed by atoms with Gasteiger partial charge in [-0.1, -0.05) is 0 Å². The number of rotatable bonds is 3. The molecule has 3 rings (SSSR count). The summed E-state index contributed by atoms with van der Waals surface area (Å²) in [6.07, 6.45) is 1.37. The zero-order valence-electron chi connectivity index (χ0n) is 14.5. The number of carbonyl (C=O) groups excluding carboxylic acids is 1. The van der Waals surface area contributed by atoms with Gasteiger partial charge in [-0.3, -0.25) is 4.79 Å². The van der Waals surface area contributed by atoms with Crippen LogP contribution in [0.1, 0.15) is 18.5 Å². The zero-order valence-corrected chi connectivity index (χ0v) is 14.5. The molecule has 0 aliphatic heterocycles. The maximum Gasteiger partial charge on any atom is 0.322 e. The van der Waals surface area contributed by atoms with Gasteiger partial charge in [0.2, 0.25) is 0 Å². The Labute approximate surface area is 152 Å². The number of nitrogens with one attached hydrogen (secondary N) is 2. The Morgan fingerprint density at radius 1 is 1.07 bits per heavy atom. The molecule has 0 unspecified atom stereocenters. The van der Waals surface area contributed by atoms with E-state index in [1.807, 2.05) is 0 Å². The quantitative estimate of drug-likeness (QED) is 0.722. The third-order valence-electron chi connectivity index (χ3n) is 4.42. The van der Waals surface area contributed by atoms with Gasteiger partial charge >= 0.3 is 6.03 Å². The Morgan fingerprint density at radius 3 is 2.30 bits per heavy atom. The lowest BCUT2D eigenvalue weighted by Gasteiger charge is -2.26. The van der Waals surface area contributed by atoms with E-state index in [2.05, 4.69) is 10.3 Å². The van der Waals surface area contributed by atoms with Gasteiger partial charge in [0.15, 0.2) is 11.6 Å². The summed E-state index contributed by atoms with van der Waals surface area (Å²) in [6.45, 7) is 1.68. The fraction of sp³-hybridized carbons (Fsp3) is 0.158. The van der Waals surface area contributed by atoms with E-state index < -0.39 is 35.1 Å². The van der Waals surface area contributed by atoms with Crippen molar-refractivity contribution in [2.75, 3.05) is 12.4 Å². The number of hydrogen-bond donors (Lipinski definition) is 2. The van der Waals surface area contributed by atoms with Crippen molar-refractivity contribution in [3.8, 4) is 0 Å². The van der Waals surface area contributed by atoms with E-state index in [0.717, 1.165) is 12.1 Å². The molecule has 140 valence electrons. The maximum atomic E-state index is 13.7. The van der Waals surface area contributed by atoms with E-state index in [4.69, 9.17) is 0 Å². The number of aromatic amines is 1. The van der Waals surface area contributed by atoms with Gasteiger partial charge < -0.3 is 15.2 Å². The Balaban J connectivity index is 1.92. The summed E-state index contributed by atoms with van der Waals surface area (Å²) in [7, 11) is 1.51. The number of aromatic nitrogens is 1. The number of H-pyrrole nitrogens is 1. The van der Waals surface area contributed by atoms with Crippen LogP contribution in [-0.2, 0) is 0 Å². The Morgan fingerprint density at radius 2 is 1.67 bits per heavy atom. The molecule has 5 nitrogen and oxygen atoms in total. The number of nitrogens with zero attached hydrogens (tertiary/aromatic N) is 1. The Hall–Kier alpha value is -3.29. The van der Waals surface area contributed by atoms with E-state index in [-0.39, 0.29) is 10.8 Å². The van der Waals surface area contributed by atoms with Gasteiger partial charge in [-0.15, -0.1) is 0 Å². The Bertz CT molecular complexity index is 1060. The third-order valence-corrected chi connectivity index (χ3v) is 4.42. The minimum absolute atomic E-state index is 0.00871. The lowest BCUT2D eigenvalue weighted by atomic mass is 10.0. The summed E-state index contributed by atoms with van der Waals surface area (Å²) >= 11 is 0. The first kappa shape index (κ1) is 18.5. The summed E-state index contributed by atoms with van der Waals surface area (Å²) in [4.78, 5) is 28.2.